The third-order valence-electron chi connectivity index (χ3n) is 19.1. The summed E-state index contributed by atoms with van der Waals surface area (Å²) in [5, 5.41) is 4.98. The molecule has 0 aliphatic carbocycles. The van der Waals surface area contributed by atoms with E-state index in [-0.39, 0.29) is 13.4 Å². The Bertz CT molecular complexity index is 5310. The second-order valence-corrected chi connectivity index (χ2v) is 23.9. The molecular weight excluding hydrogens is 1090 g/mol. The third kappa shape index (κ3) is 8.18. The zero-order valence-corrected chi connectivity index (χ0v) is 49.3. The summed E-state index contributed by atoms with van der Waals surface area (Å²) in [4.78, 5) is 4.89. The Morgan fingerprint density at radius 3 is 1.12 bits per heavy atom. The zero-order valence-electron chi connectivity index (χ0n) is 49.3. The molecule has 4 heterocycles. The maximum absolute atomic E-state index is 2.47. The summed E-state index contributed by atoms with van der Waals surface area (Å²) in [6, 6.07) is 126. The van der Waals surface area contributed by atoms with Crippen molar-refractivity contribution in [2.45, 2.75) is 0 Å². The molecule has 0 unspecified atom stereocenters. The summed E-state index contributed by atoms with van der Waals surface area (Å²) >= 11 is 0. The predicted molar refractivity (Wildman–Crippen MR) is 383 cm³/mol. The van der Waals surface area contributed by atoms with Crippen LogP contribution in [0.15, 0.2) is 340 Å². The topological polar surface area (TPSA) is 16.3 Å². The second kappa shape index (κ2) is 21.1. The molecule has 90 heavy (non-hydrogen) atoms. The molecule has 0 N–H and O–H groups in total. The number of para-hydroxylation sites is 8. The predicted octanol–water partition coefficient (Wildman–Crippen LogP) is 17.5. The van der Waals surface area contributed by atoms with Gasteiger partial charge in [-0.1, -0.05) is 248 Å². The molecule has 0 spiro atoms. The van der Waals surface area contributed by atoms with E-state index < -0.39 is 0 Å². The monoisotopic (exact) mass is 1140 g/mol. The normalized spacial score (nSPS) is 12.6. The van der Waals surface area contributed by atoms with E-state index in [2.05, 4.69) is 359 Å². The van der Waals surface area contributed by atoms with Gasteiger partial charge in [-0.25, -0.2) is 0 Å². The Balaban J connectivity index is 0.739. The molecule has 0 amide bonds. The number of hydrogen-bond acceptors (Lipinski definition) is 2. The van der Waals surface area contributed by atoms with E-state index in [0.29, 0.717) is 0 Å². The molecule has 0 bridgehead atoms. The molecule has 0 atom stereocenters. The van der Waals surface area contributed by atoms with E-state index >= 15 is 0 Å². The number of aromatic nitrogens is 2. The highest BCUT2D eigenvalue weighted by atomic mass is 15.2. The lowest BCUT2D eigenvalue weighted by Gasteiger charge is -2.38. The third-order valence-corrected chi connectivity index (χ3v) is 19.1. The second-order valence-electron chi connectivity index (χ2n) is 23.9. The van der Waals surface area contributed by atoms with E-state index in [4.69, 9.17) is 0 Å². The van der Waals surface area contributed by atoms with E-state index in [0.717, 1.165) is 33.9 Å². The SMILES string of the molecule is c1ccc(-c2cccc(-c3cccc(-c4ccc5c6ccccc6n(-c6ccc(B7c8ccccc8N(c8ccccc8)c8ccccc87)cc6)c5c4)c3)c2B2c3ccccc3N(c3ccc(-n4c5ccccc5c5ccccc54)cc3)c3ccccc32)cc1. The minimum Gasteiger partial charge on any atom is -0.312 e. The number of fused-ring (bicyclic) bond motifs is 10. The summed E-state index contributed by atoms with van der Waals surface area (Å²) in [5.74, 6) is 0. The van der Waals surface area contributed by atoms with E-state index in [1.165, 1.54) is 121 Å². The molecule has 0 saturated heterocycles. The lowest BCUT2D eigenvalue weighted by molar-refractivity contribution is 1.17. The van der Waals surface area contributed by atoms with Crippen molar-refractivity contribution >= 4 is 124 Å². The Labute approximate surface area is 524 Å². The van der Waals surface area contributed by atoms with Crippen molar-refractivity contribution in [1.82, 2.24) is 9.13 Å². The lowest BCUT2D eigenvalue weighted by atomic mass is 9.33. The first kappa shape index (κ1) is 51.6. The van der Waals surface area contributed by atoms with E-state index in [1.807, 2.05) is 0 Å². The van der Waals surface area contributed by atoms with Crippen LogP contribution < -0.4 is 42.6 Å². The van der Waals surface area contributed by atoms with Gasteiger partial charge in [-0.05, 0) is 158 Å². The molecule has 0 saturated carbocycles. The first-order chi connectivity index (χ1) is 44.7. The largest absolute Gasteiger partial charge is 0.312 e. The molecule has 2 aromatic heterocycles. The van der Waals surface area contributed by atoms with Gasteiger partial charge in [0.15, 0.2) is 0 Å². The minimum atomic E-state index is -0.0920. The molecule has 6 heteroatoms. The van der Waals surface area contributed by atoms with Crippen molar-refractivity contribution < 1.29 is 0 Å². The van der Waals surface area contributed by atoms with Crippen molar-refractivity contribution in [3.63, 3.8) is 0 Å². The number of rotatable bonds is 9. The van der Waals surface area contributed by atoms with Gasteiger partial charge < -0.3 is 18.9 Å². The Hall–Kier alpha value is -11.6. The molecule has 2 aliphatic heterocycles. The molecule has 2 aliphatic rings. The van der Waals surface area contributed by atoms with Gasteiger partial charge in [0.1, 0.15) is 0 Å². The molecule has 0 radical (unpaired) electrons. The molecule has 418 valence electrons. The summed E-state index contributed by atoms with van der Waals surface area (Å²) in [6.45, 7) is -0.0250. The number of hydrogen-bond donors (Lipinski definition) is 0. The Kier molecular flexibility index (Phi) is 12.1. The van der Waals surface area contributed by atoms with Crippen molar-refractivity contribution in [2.24, 2.45) is 0 Å². The highest BCUT2D eigenvalue weighted by Gasteiger charge is 2.39. The molecule has 4 nitrogen and oxygen atoms in total. The fourth-order valence-corrected chi connectivity index (χ4v) is 15.2. The summed E-state index contributed by atoms with van der Waals surface area (Å²) in [6.07, 6.45) is 0. The van der Waals surface area contributed by atoms with Gasteiger partial charge >= 0.3 is 0 Å². The van der Waals surface area contributed by atoms with Crippen LogP contribution in [-0.4, -0.2) is 22.6 Å². The van der Waals surface area contributed by atoms with Gasteiger partial charge in [-0.3, -0.25) is 0 Å². The van der Waals surface area contributed by atoms with Gasteiger partial charge in [0.2, 0.25) is 13.4 Å². The Morgan fingerprint density at radius 1 is 0.211 bits per heavy atom. The van der Waals surface area contributed by atoms with Crippen LogP contribution >= 0.6 is 0 Å². The standard InChI is InChI=1S/C84H56B2N4/c1-3-23-57(24-4-1)66-32-22-33-67(84(66)86-74-36-12-19-43-81(74)90(82-44-20-13-37-75(82)86)65-52-50-64(51-53-65)87-76-38-14-7-29-68(76)69-30-8-15-39-77(69)87)60-26-21-25-58(55-60)59-45-54-71-70-31-9-16-40-78(70)88(83(71)56-59)63-48-46-61(47-49-63)85-72-34-10-17-41-79(72)89(62-27-5-2-6-28-62)80-42-18-11-35-73(80)85/h1-56H. The van der Waals surface area contributed by atoms with Gasteiger partial charge in [0, 0.05) is 67.0 Å². The summed E-state index contributed by atoms with van der Waals surface area (Å²) < 4.78 is 4.86. The number of anilines is 6. The van der Waals surface area contributed by atoms with Gasteiger partial charge in [0.25, 0.3) is 0 Å². The van der Waals surface area contributed by atoms with Crippen LogP contribution in [-0.2, 0) is 0 Å². The summed E-state index contributed by atoms with van der Waals surface area (Å²) in [7, 11) is 0. The van der Waals surface area contributed by atoms with Crippen LogP contribution in [0.2, 0.25) is 0 Å². The van der Waals surface area contributed by atoms with Crippen LogP contribution in [0.4, 0.5) is 34.1 Å². The highest BCUT2D eigenvalue weighted by Crippen LogP contribution is 2.42. The average Bonchev–Trinajstić information content (AvgIpc) is 0.937. The van der Waals surface area contributed by atoms with Crippen LogP contribution in [0.25, 0.3) is 88.4 Å². The van der Waals surface area contributed by atoms with Gasteiger partial charge in [-0.2, -0.15) is 0 Å². The van der Waals surface area contributed by atoms with Crippen molar-refractivity contribution in [2.75, 3.05) is 9.80 Å². The van der Waals surface area contributed by atoms with Crippen molar-refractivity contribution in [3.8, 4) is 44.8 Å². The average molecular weight is 1140 g/mol. The van der Waals surface area contributed by atoms with Crippen LogP contribution in [0.1, 0.15) is 0 Å². The summed E-state index contributed by atoms with van der Waals surface area (Å²) in [5.41, 5.74) is 28.9. The first-order valence-electron chi connectivity index (χ1n) is 31.2. The molecule has 14 aromatic carbocycles. The fraction of sp³-hybridized carbons (Fsp3) is 0. The minimum absolute atomic E-state index is 0.0670. The maximum atomic E-state index is 2.47. The smallest absolute Gasteiger partial charge is 0.248 e. The quantitative estimate of drug-likeness (QED) is 0.134. The van der Waals surface area contributed by atoms with Crippen LogP contribution in [0.5, 0.6) is 0 Å². The van der Waals surface area contributed by atoms with Gasteiger partial charge in [-0.15, -0.1) is 0 Å². The van der Waals surface area contributed by atoms with E-state index in [9.17, 15) is 0 Å². The molecule has 0 fully saturated rings. The fourth-order valence-electron chi connectivity index (χ4n) is 15.2. The van der Waals surface area contributed by atoms with Crippen molar-refractivity contribution in [3.05, 3.63) is 340 Å². The Morgan fingerprint density at radius 2 is 0.578 bits per heavy atom. The van der Waals surface area contributed by atoms with Crippen LogP contribution in [0, 0.1) is 0 Å². The van der Waals surface area contributed by atoms with E-state index in [1.54, 1.807) is 0 Å². The van der Waals surface area contributed by atoms with Crippen molar-refractivity contribution in [1.29, 1.82) is 0 Å². The molecular formula is C84H56B2N4. The molecule has 16 aromatic rings. The first-order valence-corrected chi connectivity index (χ1v) is 31.2. The van der Waals surface area contributed by atoms with Gasteiger partial charge in [0.05, 0.1) is 22.1 Å². The molecule has 18 rings (SSSR count). The lowest BCUT2D eigenvalue weighted by Crippen LogP contribution is -2.58. The number of benzene rings is 14. The maximum Gasteiger partial charge on any atom is 0.248 e. The van der Waals surface area contributed by atoms with Crippen LogP contribution in [0.3, 0.4) is 0 Å². The number of nitrogens with zero attached hydrogens (tertiary/aromatic N) is 4. The zero-order chi connectivity index (χ0) is 59.2. The highest BCUT2D eigenvalue weighted by molar-refractivity contribution is 6.99.